The van der Waals surface area contributed by atoms with Gasteiger partial charge in [-0.15, -0.1) is 0 Å². The topological polar surface area (TPSA) is 95.9 Å². The van der Waals surface area contributed by atoms with Crippen molar-refractivity contribution in [3.8, 4) is 0 Å². The Kier molecular flexibility index (Phi) is 4.89. The molecule has 1 amide bonds. The van der Waals surface area contributed by atoms with Gasteiger partial charge in [-0.1, -0.05) is 6.92 Å². The van der Waals surface area contributed by atoms with Crippen LogP contribution in [0.4, 0.5) is 0 Å². The number of aliphatic carboxylic acids is 1. The third kappa shape index (κ3) is 3.41. The Balaban J connectivity index is 2.61. The number of carbonyl (C=O) groups excluding carboxylic acids is 1. The van der Waals surface area contributed by atoms with Gasteiger partial charge in [-0.05, 0) is 19.8 Å². The molecule has 4 unspecified atom stereocenters. The molecule has 1 rings (SSSR count). The van der Waals surface area contributed by atoms with Crippen LogP contribution in [0.25, 0.3) is 0 Å². The van der Waals surface area contributed by atoms with Crippen molar-refractivity contribution in [1.82, 2.24) is 5.32 Å². The highest BCUT2D eigenvalue weighted by molar-refractivity contribution is 5.85. The number of carboxylic acid groups (broad SMARTS) is 1. The Morgan fingerprint density at radius 2 is 2.18 bits per heavy atom. The van der Waals surface area contributed by atoms with Gasteiger partial charge in [0.1, 0.15) is 0 Å². The molecular weight excluding hydrogens is 226 g/mol. The van der Waals surface area contributed by atoms with E-state index in [9.17, 15) is 14.7 Å². The summed E-state index contributed by atoms with van der Waals surface area (Å²) in [5.74, 6) is -1.91. The number of hydrogen-bond acceptors (Lipinski definition) is 4. The van der Waals surface area contributed by atoms with Gasteiger partial charge in [-0.3, -0.25) is 4.79 Å². The van der Waals surface area contributed by atoms with E-state index in [1.165, 1.54) is 6.92 Å². The van der Waals surface area contributed by atoms with Crippen LogP contribution in [0.3, 0.4) is 0 Å². The number of nitrogens with one attached hydrogen (secondary N) is 1. The Hall–Kier alpha value is -1.14. The lowest BCUT2D eigenvalue weighted by Gasteiger charge is -2.21. The molecule has 4 atom stereocenters. The van der Waals surface area contributed by atoms with Crippen LogP contribution >= 0.6 is 0 Å². The summed E-state index contributed by atoms with van der Waals surface area (Å²) >= 11 is 0. The van der Waals surface area contributed by atoms with Crippen molar-refractivity contribution in [3.05, 3.63) is 0 Å². The predicted octanol–water partition coefficient (Wildman–Crippen LogP) is -0.248. The van der Waals surface area contributed by atoms with E-state index in [1.807, 2.05) is 6.92 Å². The predicted molar refractivity (Wildman–Crippen MR) is 59.4 cm³/mol. The summed E-state index contributed by atoms with van der Waals surface area (Å²) < 4.78 is 5.37. The van der Waals surface area contributed by atoms with Crippen LogP contribution in [0.15, 0.2) is 0 Å². The smallest absolute Gasteiger partial charge is 0.328 e. The molecule has 0 saturated carbocycles. The number of carboxylic acids is 1. The highest BCUT2D eigenvalue weighted by atomic mass is 16.5. The van der Waals surface area contributed by atoms with Crippen molar-refractivity contribution in [2.24, 2.45) is 5.92 Å². The van der Waals surface area contributed by atoms with Crippen molar-refractivity contribution >= 4 is 11.9 Å². The maximum atomic E-state index is 11.9. The largest absolute Gasteiger partial charge is 0.480 e. The first kappa shape index (κ1) is 13.9. The summed E-state index contributed by atoms with van der Waals surface area (Å²) in [6, 6.07) is -1.26. The molecule has 0 aromatic carbocycles. The molecule has 1 fully saturated rings. The van der Waals surface area contributed by atoms with Gasteiger partial charge >= 0.3 is 5.97 Å². The van der Waals surface area contributed by atoms with Crippen LogP contribution in [0, 0.1) is 5.92 Å². The molecule has 3 N–H and O–H groups in total. The lowest BCUT2D eigenvalue weighted by atomic mass is 9.98. The van der Waals surface area contributed by atoms with Crippen LogP contribution in [0.2, 0.25) is 0 Å². The number of aliphatic hydroxyl groups is 1. The van der Waals surface area contributed by atoms with Crippen molar-refractivity contribution in [1.29, 1.82) is 0 Å². The molecule has 1 aliphatic heterocycles. The maximum Gasteiger partial charge on any atom is 0.328 e. The van der Waals surface area contributed by atoms with Crippen molar-refractivity contribution in [2.45, 2.75) is 44.9 Å². The second-order valence-corrected chi connectivity index (χ2v) is 4.28. The number of hydrogen-bond donors (Lipinski definition) is 3. The normalized spacial score (nSPS) is 27.5. The fourth-order valence-corrected chi connectivity index (χ4v) is 2.00. The zero-order valence-electron chi connectivity index (χ0n) is 10.0. The number of rotatable bonds is 5. The molecule has 1 saturated heterocycles. The van der Waals surface area contributed by atoms with Gasteiger partial charge in [0.05, 0.1) is 18.1 Å². The summed E-state index contributed by atoms with van der Waals surface area (Å²) in [5.41, 5.74) is 0. The molecular formula is C11H19NO5. The molecule has 0 radical (unpaired) electrons. The molecule has 0 aromatic rings. The fourth-order valence-electron chi connectivity index (χ4n) is 2.00. The third-order valence-corrected chi connectivity index (χ3v) is 2.99. The van der Waals surface area contributed by atoms with Gasteiger partial charge in [0.25, 0.3) is 0 Å². The Morgan fingerprint density at radius 1 is 1.53 bits per heavy atom. The SMILES string of the molecule is CCC1OCCC1C(=O)NC(C(=O)O)C(C)O. The van der Waals surface area contributed by atoms with E-state index >= 15 is 0 Å². The monoisotopic (exact) mass is 245 g/mol. The van der Waals surface area contributed by atoms with E-state index in [0.29, 0.717) is 19.4 Å². The minimum atomic E-state index is -1.26. The second kappa shape index (κ2) is 5.97. The lowest BCUT2D eigenvalue weighted by molar-refractivity contribution is -0.145. The standard InChI is InChI=1S/C11H19NO5/c1-3-8-7(4-5-17-8)10(14)12-9(6(2)13)11(15)16/h6-9,13H,3-5H2,1-2H3,(H,12,14)(H,15,16). The van der Waals surface area contributed by atoms with Crippen molar-refractivity contribution in [3.63, 3.8) is 0 Å². The Labute approximate surface area is 100.0 Å². The van der Waals surface area contributed by atoms with Crippen LogP contribution in [0.1, 0.15) is 26.7 Å². The van der Waals surface area contributed by atoms with Gasteiger partial charge in [0.15, 0.2) is 6.04 Å². The molecule has 0 spiro atoms. The van der Waals surface area contributed by atoms with Gasteiger partial charge in [-0.25, -0.2) is 4.79 Å². The molecule has 17 heavy (non-hydrogen) atoms. The zero-order valence-corrected chi connectivity index (χ0v) is 10.0. The van der Waals surface area contributed by atoms with Gasteiger partial charge in [0, 0.05) is 6.61 Å². The molecule has 98 valence electrons. The second-order valence-electron chi connectivity index (χ2n) is 4.28. The van der Waals surface area contributed by atoms with E-state index in [0.717, 1.165) is 0 Å². The van der Waals surface area contributed by atoms with Gasteiger partial charge in [0.2, 0.25) is 5.91 Å². The highest BCUT2D eigenvalue weighted by Crippen LogP contribution is 2.23. The average Bonchev–Trinajstić information content (AvgIpc) is 2.72. The van der Waals surface area contributed by atoms with E-state index in [4.69, 9.17) is 9.84 Å². The van der Waals surface area contributed by atoms with Gasteiger partial charge < -0.3 is 20.3 Å². The summed E-state index contributed by atoms with van der Waals surface area (Å²) in [5, 5.41) is 20.5. The third-order valence-electron chi connectivity index (χ3n) is 2.99. The molecule has 6 nitrogen and oxygen atoms in total. The summed E-state index contributed by atoms with van der Waals surface area (Å²) in [6.45, 7) is 3.77. The average molecular weight is 245 g/mol. The van der Waals surface area contributed by atoms with Crippen LogP contribution in [-0.4, -0.2) is 46.9 Å². The summed E-state index contributed by atoms with van der Waals surface area (Å²) in [6.07, 6.45) is 0.0263. The minimum absolute atomic E-state index is 0.154. The number of ether oxygens (including phenoxy) is 1. The summed E-state index contributed by atoms with van der Waals surface area (Å²) in [7, 11) is 0. The Bertz CT molecular complexity index is 292. The molecule has 0 aromatic heterocycles. The number of amides is 1. The quantitative estimate of drug-likeness (QED) is 0.621. The highest BCUT2D eigenvalue weighted by Gasteiger charge is 2.35. The summed E-state index contributed by atoms with van der Waals surface area (Å²) in [4.78, 5) is 22.7. The van der Waals surface area contributed by atoms with E-state index in [-0.39, 0.29) is 17.9 Å². The lowest BCUT2D eigenvalue weighted by Crippen LogP contribution is -2.50. The molecule has 1 aliphatic rings. The maximum absolute atomic E-state index is 11.9. The Morgan fingerprint density at radius 3 is 2.65 bits per heavy atom. The van der Waals surface area contributed by atoms with E-state index in [1.54, 1.807) is 0 Å². The van der Waals surface area contributed by atoms with Crippen molar-refractivity contribution < 1.29 is 24.5 Å². The first-order valence-corrected chi connectivity index (χ1v) is 5.80. The first-order chi connectivity index (χ1) is 7.97. The fraction of sp³-hybridized carbons (Fsp3) is 0.818. The van der Waals surface area contributed by atoms with E-state index in [2.05, 4.69) is 5.32 Å². The van der Waals surface area contributed by atoms with Crippen LogP contribution in [-0.2, 0) is 14.3 Å². The molecule has 0 bridgehead atoms. The molecule has 6 heteroatoms. The molecule has 0 aliphatic carbocycles. The number of carbonyl (C=O) groups is 2. The van der Waals surface area contributed by atoms with Crippen LogP contribution < -0.4 is 5.32 Å². The zero-order chi connectivity index (χ0) is 13.0. The first-order valence-electron chi connectivity index (χ1n) is 5.80. The van der Waals surface area contributed by atoms with Crippen LogP contribution in [0.5, 0.6) is 0 Å². The number of aliphatic hydroxyl groups excluding tert-OH is 1. The molecule has 1 heterocycles. The van der Waals surface area contributed by atoms with Crippen molar-refractivity contribution in [2.75, 3.05) is 6.61 Å². The minimum Gasteiger partial charge on any atom is -0.480 e. The van der Waals surface area contributed by atoms with Gasteiger partial charge in [-0.2, -0.15) is 0 Å². The van der Waals surface area contributed by atoms with E-state index < -0.39 is 18.1 Å².